The Balaban J connectivity index is 2.33. The molecule has 3 rings (SSSR count). The lowest BCUT2D eigenvalue weighted by Crippen LogP contribution is -1.82. The zero-order valence-corrected chi connectivity index (χ0v) is 11.0. The summed E-state index contributed by atoms with van der Waals surface area (Å²) in [7, 11) is 0. The van der Waals surface area contributed by atoms with Crippen molar-refractivity contribution in [2.75, 3.05) is 0 Å². The molecular formula is C14H8N2S2. The Labute approximate surface area is 114 Å². The smallest absolute Gasteiger partial charge is 0.0991 e. The van der Waals surface area contributed by atoms with Gasteiger partial charge in [0, 0.05) is 22.0 Å². The highest BCUT2D eigenvalue weighted by atomic mass is 32.1. The van der Waals surface area contributed by atoms with Crippen molar-refractivity contribution in [3.05, 3.63) is 48.2 Å². The quantitative estimate of drug-likeness (QED) is 0.674. The van der Waals surface area contributed by atoms with Crippen molar-refractivity contribution < 1.29 is 0 Å². The van der Waals surface area contributed by atoms with Crippen molar-refractivity contribution in [3.8, 4) is 17.2 Å². The summed E-state index contributed by atoms with van der Waals surface area (Å²) in [5, 5.41) is 10.1. The summed E-state index contributed by atoms with van der Waals surface area (Å²) in [6.07, 6.45) is 1.85. The van der Waals surface area contributed by atoms with E-state index in [-0.39, 0.29) is 0 Å². The zero-order chi connectivity index (χ0) is 12.5. The zero-order valence-electron chi connectivity index (χ0n) is 9.29. The number of nitrogens with zero attached hydrogens (tertiary/aromatic N) is 2. The average Bonchev–Trinajstić information content (AvgIpc) is 2.87. The van der Waals surface area contributed by atoms with Crippen molar-refractivity contribution >= 4 is 34.2 Å². The summed E-state index contributed by atoms with van der Waals surface area (Å²) >= 11 is 5.97. The normalized spacial score (nSPS) is 10.4. The van der Waals surface area contributed by atoms with E-state index in [4.69, 9.17) is 5.26 Å². The van der Waals surface area contributed by atoms with E-state index in [9.17, 15) is 0 Å². The van der Waals surface area contributed by atoms with E-state index in [0.717, 1.165) is 26.1 Å². The first kappa shape index (κ1) is 11.3. The van der Waals surface area contributed by atoms with Crippen LogP contribution in [-0.2, 0) is 0 Å². The fraction of sp³-hybridized carbons (Fsp3) is 0. The van der Waals surface area contributed by atoms with Crippen LogP contribution in [0.5, 0.6) is 0 Å². The molecule has 0 saturated carbocycles. The maximum absolute atomic E-state index is 8.97. The van der Waals surface area contributed by atoms with Gasteiger partial charge in [-0.3, -0.25) is 0 Å². The van der Waals surface area contributed by atoms with Gasteiger partial charge in [0.25, 0.3) is 0 Å². The second-order valence-electron chi connectivity index (χ2n) is 3.90. The predicted molar refractivity (Wildman–Crippen MR) is 77.0 cm³/mol. The summed E-state index contributed by atoms with van der Waals surface area (Å²) in [5.74, 6) is 0. The van der Waals surface area contributed by atoms with Crippen LogP contribution in [0.25, 0.3) is 21.2 Å². The van der Waals surface area contributed by atoms with Gasteiger partial charge in [0.2, 0.25) is 0 Å². The maximum Gasteiger partial charge on any atom is 0.0991 e. The van der Waals surface area contributed by atoms with Gasteiger partial charge in [-0.25, -0.2) is 0 Å². The van der Waals surface area contributed by atoms with Gasteiger partial charge < -0.3 is 0 Å². The van der Waals surface area contributed by atoms with E-state index in [1.807, 2.05) is 36.5 Å². The second kappa shape index (κ2) is 4.45. The molecule has 2 aromatic carbocycles. The number of hydrogen-bond donors (Lipinski definition) is 1. The van der Waals surface area contributed by atoms with Gasteiger partial charge in [0.05, 0.1) is 16.3 Å². The Morgan fingerprint density at radius 3 is 2.94 bits per heavy atom. The van der Waals surface area contributed by atoms with E-state index in [1.54, 1.807) is 6.07 Å². The highest BCUT2D eigenvalue weighted by molar-refractivity contribution is 7.80. The van der Waals surface area contributed by atoms with E-state index in [1.165, 1.54) is 11.5 Å². The molecule has 0 bridgehead atoms. The molecule has 0 radical (unpaired) electrons. The Bertz CT molecular complexity index is 769. The molecule has 0 fully saturated rings. The highest BCUT2D eigenvalue weighted by Gasteiger charge is 2.10. The molecule has 1 heterocycles. The third-order valence-corrected chi connectivity index (χ3v) is 3.99. The molecule has 18 heavy (non-hydrogen) atoms. The number of aromatic nitrogens is 1. The van der Waals surface area contributed by atoms with Crippen molar-refractivity contribution in [1.82, 2.24) is 4.37 Å². The molecule has 0 amide bonds. The fourth-order valence-corrected chi connectivity index (χ4v) is 3.16. The van der Waals surface area contributed by atoms with Crippen LogP contribution in [0.3, 0.4) is 0 Å². The first-order valence-electron chi connectivity index (χ1n) is 5.36. The Kier molecular flexibility index (Phi) is 2.78. The van der Waals surface area contributed by atoms with Crippen molar-refractivity contribution in [1.29, 1.82) is 5.26 Å². The van der Waals surface area contributed by atoms with Gasteiger partial charge >= 0.3 is 0 Å². The molecule has 4 heteroatoms. The third-order valence-electron chi connectivity index (χ3n) is 2.78. The summed E-state index contributed by atoms with van der Waals surface area (Å²) in [6, 6.07) is 13.7. The number of rotatable bonds is 1. The van der Waals surface area contributed by atoms with Crippen LogP contribution in [0.2, 0.25) is 0 Å². The molecule has 1 aromatic heterocycles. The van der Waals surface area contributed by atoms with Crippen LogP contribution in [0.15, 0.2) is 47.5 Å². The lowest BCUT2D eigenvalue weighted by molar-refractivity contribution is 1.46. The van der Waals surface area contributed by atoms with Gasteiger partial charge in [0.15, 0.2) is 0 Å². The largest absolute Gasteiger partial charge is 0.200 e. The van der Waals surface area contributed by atoms with Gasteiger partial charge in [-0.1, -0.05) is 18.2 Å². The van der Waals surface area contributed by atoms with E-state index in [2.05, 4.69) is 23.1 Å². The van der Waals surface area contributed by atoms with E-state index >= 15 is 0 Å². The third kappa shape index (κ3) is 1.78. The fourth-order valence-electron chi connectivity index (χ4n) is 1.95. The SMILES string of the molecule is N#Cc1cccc(-c2c(S)ccc3cnsc23)c1. The van der Waals surface area contributed by atoms with Crippen LogP contribution in [0, 0.1) is 11.3 Å². The van der Waals surface area contributed by atoms with Crippen LogP contribution in [0.4, 0.5) is 0 Å². The Morgan fingerprint density at radius 1 is 1.22 bits per heavy atom. The molecule has 3 aromatic rings. The number of benzene rings is 2. The van der Waals surface area contributed by atoms with Gasteiger partial charge in [-0.2, -0.15) is 9.64 Å². The summed E-state index contributed by atoms with van der Waals surface area (Å²) < 4.78 is 5.32. The number of thiol groups is 1. The highest BCUT2D eigenvalue weighted by Crippen LogP contribution is 2.36. The minimum absolute atomic E-state index is 0.654. The average molecular weight is 268 g/mol. The first-order valence-corrected chi connectivity index (χ1v) is 6.58. The Morgan fingerprint density at radius 2 is 2.11 bits per heavy atom. The first-order chi connectivity index (χ1) is 8.79. The van der Waals surface area contributed by atoms with Gasteiger partial charge in [-0.15, -0.1) is 12.6 Å². The molecule has 0 spiro atoms. The number of nitriles is 1. The molecular weight excluding hydrogens is 260 g/mol. The number of fused-ring (bicyclic) bond motifs is 1. The van der Waals surface area contributed by atoms with E-state index in [0.29, 0.717) is 5.56 Å². The summed E-state index contributed by atoms with van der Waals surface area (Å²) in [5.41, 5.74) is 2.71. The minimum atomic E-state index is 0.654. The van der Waals surface area contributed by atoms with Crippen molar-refractivity contribution in [2.24, 2.45) is 0 Å². The van der Waals surface area contributed by atoms with Crippen LogP contribution >= 0.6 is 24.2 Å². The topological polar surface area (TPSA) is 36.7 Å². The molecule has 0 aliphatic rings. The van der Waals surface area contributed by atoms with Crippen molar-refractivity contribution in [3.63, 3.8) is 0 Å². The minimum Gasteiger partial charge on any atom is -0.200 e. The van der Waals surface area contributed by atoms with Gasteiger partial charge in [0.1, 0.15) is 0 Å². The van der Waals surface area contributed by atoms with Crippen LogP contribution in [0.1, 0.15) is 5.56 Å². The molecule has 2 nitrogen and oxygen atoms in total. The molecule has 0 N–H and O–H groups in total. The molecule has 86 valence electrons. The van der Waals surface area contributed by atoms with Gasteiger partial charge in [-0.05, 0) is 35.3 Å². The molecule has 0 aliphatic carbocycles. The lowest BCUT2D eigenvalue weighted by Gasteiger charge is -2.06. The number of hydrogen-bond acceptors (Lipinski definition) is 4. The van der Waals surface area contributed by atoms with Crippen LogP contribution in [-0.4, -0.2) is 4.37 Å². The van der Waals surface area contributed by atoms with Crippen molar-refractivity contribution in [2.45, 2.75) is 4.90 Å². The van der Waals surface area contributed by atoms with E-state index < -0.39 is 0 Å². The summed E-state index contributed by atoms with van der Waals surface area (Å²) in [6.45, 7) is 0. The monoisotopic (exact) mass is 268 g/mol. The second-order valence-corrected chi connectivity index (χ2v) is 5.18. The lowest BCUT2D eigenvalue weighted by atomic mass is 10.0. The Hall–Kier alpha value is -1.83. The summed E-state index contributed by atoms with van der Waals surface area (Å²) in [4.78, 5) is 0.904. The van der Waals surface area contributed by atoms with Crippen LogP contribution < -0.4 is 0 Å². The molecule has 0 aliphatic heterocycles. The molecule has 0 saturated heterocycles. The molecule has 0 unspecified atom stereocenters. The maximum atomic E-state index is 8.97. The standard InChI is InChI=1S/C14H8N2S2/c15-7-9-2-1-3-10(6-9)13-12(17)5-4-11-8-16-18-14(11)13/h1-6,8,17H. The predicted octanol–water partition coefficient (Wildman–Crippen LogP) is 4.12. The molecule has 0 atom stereocenters.